The van der Waals surface area contributed by atoms with E-state index >= 15 is 0 Å². The zero-order valence-corrected chi connectivity index (χ0v) is 13.7. The van der Waals surface area contributed by atoms with Gasteiger partial charge in [0.2, 0.25) is 0 Å². The molecule has 1 N–H and O–H groups in total. The molecule has 2 rings (SSSR count). The molecule has 0 radical (unpaired) electrons. The van der Waals surface area contributed by atoms with E-state index < -0.39 is 5.97 Å². The first-order chi connectivity index (χ1) is 10.1. The Hall–Kier alpha value is -1.33. The van der Waals surface area contributed by atoms with Gasteiger partial charge in [-0.2, -0.15) is 0 Å². The average molecular weight is 321 g/mol. The lowest BCUT2D eigenvalue weighted by atomic mass is 10.1. The molecule has 0 saturated heterocycles. The number of nitrogens with zero attached hydrogens (tertiary/aromatic N) is 1. The smallest absolute Gasteiger partial charge is 0.308 e. The van der Waals surface area contributed by atoms with Crippen molar-refractivity contribution in [1.29, 1.82) is 0 Å². The van der Waals surface area contributed by atoms with E-state index in [0.29, 0.717) is 0 Å². The highest BCUT2D eigenvalue weighted by Crippen LogP contribution is 2.28. The summed E-state index contributed by atoms with van der Waals surface area (Å²) in [5.41, 5.74) is 2.24. The topological polar surface area (TPSA) is 50.2 Å². The minimum Gasteiger partial charge on any atom is -0.481 e. The summed E-state index contributed by atoms with van der Waals surface area (Å²) in [7, 11) is 0. The fourth-order valence-electron chi connectivity index (χ4n) is 2.00. The summed E-state index contributed by atoms with van der Waals surface area (Å²) in [6.45, 7) is 1.88. The Labute approximate surface area is 133 Å². The molecular formula is C16H19NO2S2. The number of aromatic nitrogens is 1. The van der Waals surface area contributed by atoms with Gasteiger partial charge in [0.05, 0.1) is 12.1 Å². The van der Waals surface area contributed by atoms with Crippen LogP contribution in [0.4, 0.5) is 0 Å². The quantitative estimate of drug-likeness (QED) is 0.585. The molecule has 0 bridgehead atoms. The number of carbonyl (C=O) groups is 1. The van der Waals surface area contributed by atoms with Crippen molar-refractivity contribution in [2.45, 2.75) is 36.9 Å². The van der Waals surface area contributed by atoms with Gasteiger partial charge in [-0.25, -0.2) is 4.98 Å². The van der Waals surface area contributed by atoms with Crippen LogP contribution in [0, 0.1) is 6.92 Å². The lowest BCUT2D eigenvalue weighted by molar-refractivity contribution is -0.136. The van der Waals surface area contributed by atoms with Crippen LogP contribution in [0.3, 0.4) is 0 Å². The third-order valence-corrected chi connectivity index (χ3v) is 5.50. The fourth-order valence-corrected chi connectivity index (χ4v) is 4.29. The van der Waals surface area contributed by atoms with Gasteiger partial charge in [-0.3, -0.25) is 4.79 Å². The van der Waals surface area contributed by atoms with E-state index in [1.54, 1.807) is 11.8 Å². The molecule has 0 aliphatic heterocycles. The highest BCUT2D eigenvalue weighted by atomic mass is 32.2. The number of hydrogen-bond acceptors (Lipinski definition) is 4. The number of thioether (sulfide) groups is 1. The molecule has 2 aromatic rings. The minimum absolute atomic E-state index is 0.0814. The molecule has 0 amide bonds. The number of aryl methyl sites for hydroxylation is 2. The molecule has 0 aliphatic rings. The molecule has 0 unspecified atom stereocenters. The first-order valence-electron chi connectivity index (χ1n) is 7.00. The molecule has 3 nitrogen and oxygen atoms in total. The Kier molecular flexibility index (Phi) is 6.26. The number of unbranched alkanes of at least 4 members (excludes halogenated alkanes) is 1. The standard InChI is InChI=1S/C16H19NO2S2/c1-12-14(11-15(18)19)21-16(17-12)20-10-6-5-9-13-7-3-2-4-8-13/h2-4,7-8H,5-6,9-11H2,1H3,(H,18,19). The molecule has 112 valence electrons. The minimum atomic E-state index is -0.791. The molecule has 0 atom stereocenters. The van der Waals surface area contributed by atoms with E-state index in [-0.39, 0.29) is 6.42 Å². The number of carboxylic acid groups (broad SMARTS) is 1. The van der Waals surface area contributed by atoms with Gasteiger partial charge in [-0.05, 0) is 31.7 Å². The Morgan fingerprint density at radius 2 is 2.05 bits per heavy atom. The summed E-state index contributed by atoms with van der Waals surface area (Å²) in [5, 5.41) is 8.83. The predicted molar refractivity (Wildman–Crippen MR) is 88.3 cm³/mol. The third-order valence-electron chi connectivity index (χ3n) is 3.11. The first-order valence-corrected chi connectivity index (χ1v) is 8.80. The Balaban J connectivity index is 1.70. The van der Waals surface area contributed by atoms with Crippen molar-refractivity contribution < 1.29 is 9.90 Å². The zero-order valence-electron chi connectivity index (χ0n) is 12.0. The van der Waals surface area contributed by atoms with E-state index in [0.717, 1.165) is 33.5 Å². The fraction of sp³-hybridized carbons (Fsp3) is 0.375. The van der Waals surface area contributed by atoms with Crippen molar-refractivity contribution in [1.82, 2.24) is 4.98 Å². The van der Waals surface area contributed by atoms with E-state index in [1.807, 2.05) is 13.0 Å². The molecule has 0 fully saturated rings. The van der Waals surface area contributed by atoms with E-state index in [4.69, 9.17) is 5.11 Å². The van der Waals surface area contributed by atoms with Crippen LogP contribution >= 0.6 is 23.1 Å². The second kappa shape index (κ2) is 8.20. The van der Waals surface area contributed by atoms with Crippen LogP contribution in [0.25, 0.3) is 0 Å². The Morgan fingerprint density at radius 3 is 2.76 bits per heavy atom. The van der Waals surface area contributed by atoms with E-state index in [1.165, 1.54) is 23.3 Å². The van der Waals surface area contributed by atoms with Crippen molar-refractivity contribution in [2.24, 2.45) is 0 Å². The molecule has 5 heteroatoms. The number of aliphatic carboxylic acids is 1. The van der Waals surface area contributed by atoms with Crippen molar-refractivity contribution in [3.05, 3.63) is 46.5 Å². The number of rotatable bonds is 8. The monoisotopic (exact) mass is 321 g/mol. The number of benzene rings is 1. The van der Waals surface area contributed by atoms with Crippen LogP contribution in [0.2, 0.25) is 0 Å². The molecule has 0 saturated carbocycles. The molecule has 1 aromatic heterocycles. The van der Waals surface area contributed by atoms with Gasteiger partial charge in [0, 0.05) is 10.6 Å². The van der Waals surface area contributed by atoms with Gasteiger partial charge < -0.3 is 5.11 Å². The van der Waals surface area contributed by atoms with Crippen LogP contribution in [-0.4, -0.2) is 21.8 Å². The molecule has 21 heavy (non-hydrogen) atoms. The van der Waals surface area contributed by atoms with Crippen LogP contribution in [0.15, 0.2) is 34.7 Å². The lowest BCUT2D eigenvalue weighted by Crippen LogP contribution is -1.99. The number of thiazole rings is 1. The van der Waals surface area contributed by atoms with Gasteiger partial charge >= 0.3 is 5.97 Å². The average Bonchev–Trinajstić information content (AvgIpc) is 2.79. The maximum Gasteiger partial charge on any atom is 0.308 e. The second-order valence-electron chi connectivity index (χ2n) is 4.85. The van der Waals surface area contributed by atoms with Crippen molar-refractivity contribution in [2.75, 3.05) is 5.75 Å². The summed E-state index contributed by atoms with van der Waals surface area (Å²) in [6.07, 6.45) is 3.51. The first kappa shape index (κ1) is 16.0. The molecule has 0 aliphatic carbocycles. The van der Waals surface area contributed by atoms with Crippen molar-refractivity contribution >= 4 is 29.1 Å². The number of carboxylic acids is 1. The summed E-state index contributed by atoms with van der Waals surface area (Å²) in [4.78, 5) is 16.0. The molecule has 0 spiro atoms. The summed E-state index contributed by atoms with van der Waals surface area (Å²) >= 11 is 3.25. The maximum atomic E-state index is 10.7. The third kappa shape index (κ3) is 5.52. The van der Waals surface area contributed by atoms with Gasteiger partial charge in [0.1, 0.15) is 4.34 Å². The maximum absolute atomic E-state index is 10.7. The van der Waals surface area contributed by atoms with Crippen molar-refractivity contribution in [3.8, 4) is 0 Å². The largest absolute Gasteiger partial charge is 0.481 e. The van der Waals surface area contributed by atoms with Gasteiger partial charge in [-0.15, -0.1) is 11.3 Å². The van der Waals surface area contributed by atoms with Gasteiger partial charge in [-0.1, -0.05) is 42.1 Å². The summed E-state index contributed by atoms with van der Waals surface area (Å²) in [6, 6.07) is 10.5. The highest BCUT2D eigenvalue weighted by molar-refractivity contribution is 8.01. The van der Waals surface area contributed by atoms with Crippen LogP contribution < -0.4 is 0 Å². The molecule has 1 aromatic carbocycles. The van der Waals surface area contributed by atoms with Crippen LogP contribution in [0.1, 0.15) is 29.0 Å². The van der Waals surface area contributed by atoms with Crippen LogP contribution in [-0.2, 0) is 17.6 Å². The lowest BCUT2D eigenvalue weighted by Gasteiger charge is -2.00. The predicted octanol–water partition coefficient (Wildman–Crippen LogP) is 4.19. The SMILES string of the molecule is Cc1nc(SCCCCc2ccccc2)sc1CC(=O)O. The highest BCUT2D eigenvalue weighted by Gasteiger charge is 2.11. The Morgan fingerprint density at radius 1 is 1.29 bits per heavy atom. The number of hydrogen-bond donors (Lipinski definition) is 1. The van der Waals surface area contributed by atoms with Gasteiger partial charge in [0.25, 0.3) is 0 Å². The van der Waals surface area contributed by atoms with Crippen LogP contribution in [0.5, 0.6) is 0 Å². The van der Waals surface area contributed by atoms with E-state index in [9.17, 15) is 4.79 Å². The summed E-state index contributed by atoms with van der Waals surface area (Å²) in [5.74, 6) is 0.243. The van der Waals surface area contributed by atoms with Gasteiger partial charge in [0.15, 0.2) is 0 Å². The van der Waals surface area contributed by atoms with Crippen molar-refractivity contribution in [3.63, 3.8) is 0 Å². The Bertz CT molecular complexity index is 581. The molecule has 1 heterocycles. The summed E-state index contributed by atoms with van der Waals surface area (Å²) < 4.78 is 0.989. The second-order valence-corrected chi connectivity index (χ2v) is 7.28. The molecular weight excluding hydrogens is 302 g/mol. The zero-order chi connectivity index (χ0) is 15.1. The normalized spacial score (nSPS) is 10.7. The van der Waals surface area contributed by atoms with E-state index in [2.05, 4.69) is 29.2 Å².